The molecule has 17 heavy (non-hydrogen) atoms. The maximum atomic E-state index is 12.0. The molecule has 0 spiro atoms. The average molecular weight is 233 g/mol. The number of nitrogen functional groups attached to an aromatic ring is 1. The summed E-state index contributed by atoms with van der Waals surface area (Å²) in [6, 6.07) is 4.87. The third kappa shape index (κ3) is 2.25. The van der Waals surface area contributed by atoms with Gasteiger partial charge in [-0.05, 0) is 18.2 Å². The zero-order valence-corrected chi connectivity index (χ0v) is 8.96. The summed E-state index contributed by atoms with van der Waals surface area (Å²) < 4.78 is 1.27. The molecule has 0 amide bonds. The molecule has 0 aliphatic carbocycles. The summed E-state index contributed by atoms with van der Waals surface area (Å²) in [6.45, 7) is 0.103. The van der Waals surface area contributed by atoms with Crippen LogP contribution >= 0.6 is 0 Å². The van der Waals surface area contributed by atoms with Crippen LogP contribution in [-0.2, 0) is 11.3 Å². The van der Waals surface area contributed by atoms with E-state index in [1.54, 1.807) is 18.2 Å². The summed E-state index contributed by atoms with van der Waals surface area (Å²) >= 11 is 0. The fourth-order valence-corrected chi connectivity index (χ4v) is 1.55. The molecular weight excluding hydrogens is 222 g/mol. The summed E-state index contributed by atoms with van der Waals surface area (Å²) in [4.78, 5) is 26.5. The molecule has 0 saturated heterocycles. The van der Waals surface area contributed by atoms with E-state index in [4.69, 9.17) is 10.8 Å². The smallest absolute Gasteiger partial charge is 0.305 e. The molecule has 1 aromatic heterocycles. The number of nitrogens with two attached hydrogens (primary N) is 1. The summed E-state index contributed by atoms with van der Waals surface area (Å²) in [5, 5.41) is 8.97. The second kappa shape index (κ2) is 4.25. The van der Waals surface area contributed by atoms with Gasteiger partial charge in [-0.3, -0.25) is 14.2 Å². The number of fused-ring (bicyclic) bond motifs is 1. The molecule has 6 nitrogen and oxygen atoms in total. The van der Waals surface area contributed by atoms with Crippen molar-refractivity contribution < 1.29 is 9.90 Å². The van der Waals surface area contributed by atoms with E-state index >= 15 is 0 Å². The van der Waals surface area contributed by atoms with Gasteiger partial charge in [0.05, 0.1) is 23.7 Å². The highest BCUT2D eigenvalue weighted by molar-refractivity contribution is 5.80. The van der Waals surface area contributed by atoms with Crippen molar-refractivity contribution in [3.05, 3.63) is 34.9 Å². The maximum Gasteiger partial charge on any atom is 0.305 e. The molecule has 6 heteroatoms. The summed E-state index contributed by atoms with van der Waals surface area (Å²) in [5.74, 6) is -0.954. The summed E-state index contributed by atoms with van der Waals surface area (Å²) in [7, 11) is 0. The van der Waals surface area contributed by atoms with Crippen LogP contribution in [-0.4, -0.2) is 20.6 Å². The van der Waals surface area contributed by atoms with Crippen LogP contribution in [0.5, 0.6) is 0 Å². The SMILES string of the molecule is Nc1ccc2ncn(CCC(=O)O)c(=O)c2c1. The van der Waals surface area contributed by atoms with Gasteiger partial charge in [-0.1, -0.05) is 0 Å². The molecule has 0 saturated carbocycles. The lowest BCUT2D eigenvalue weighted by Crippen LogP contribution is -2.22. The van der Waals surface area contributed by atoms with Gasteiger partial charge in [0, 0.05) is 12.2 Å². The van der Waals surface area contributed by atoms with Gasteiger partial charge in [-0.25, -0.2) is 4.98 Å². The highest BCUT2D eigenvalue weighted by Crippen LogP contribution is 2.10. The third-order valence-corrected chi connectivity index (χ3v) is 2.41. The predicted octanol–water partition coefficient (Wildman–Crippen LogP) is 0.453. The topological polar surface area (TPSA) is 98.2 Å². The number of aliphatic carboxylic acids is 1. The van der Waals surface area contributed by atoms with Gasteiger partial charge in [-0.2, -0.15) is 0 Å². The number of hydrogen-bond donors (Lipinski definition) is 2. The van der Waals surface area contributed by atoms with Crippen LogP contribution in [0.15, 0.2) is 29.3 Å². The highest BCUT2D eigenvalue weighted by Gasteiger charge is 2.05. The molecular formula is C11H11N3O3. The predicted molar refractivity (Wildman–Crippen MR) is 62.7 cm³/mol. The molecule has 2 rings (SSSR count). The maximum absolute atomic E-state index is 12.0. The van der Waals surface area contributed by atoms with E-state index in [0.29, 0.717) is 16.6 Å². The fourth-order valence-electron chi connectivity index (χ4n) is 1.55. The van der Waals surface area contributed by atoms with Crippen LogP contribution in [0.1, 0.15) is 6.42 Å². The lowest BCUT2D eigenvalue weighted by Gasteiger charge is -2.05. The van der Waals surface area contributed by atoms with Crippen LogP contribution in [0.2, 0.25) is 0 Å². The van der Waals surface area contributed by atoms with Gasteiger partial charge in [0.1, 0.15) is 0 Å². The fraction of sp³-hybridized carbons (Fsp3) is 0.182. The molecule has 3 N–H and O–H groups in total. The summed E-state index contributed by atoms with van der Waals surface area (Å²) in [6.07, 6.45) is 1.24. The van der Waals surface area contributed by atoms with Gasteiger partial charge in [0.2, 0.25) is 0 Å². The molecule has 2 aromatic rings. The van der Waals surface area contributed by atoms with Gasteiger partial charge in [0.15, 0.2) is 0 Å². The second-order valence-corrected chi connectivity index (χ2v) is 3.66. The van der Waals surface area contributed by atoms with Gasteiger partial charge < -0.3 is 10.8 Å². The Bertz CT molecular complexity index is 633. The van der Waals surface area contributed by atoms with Gasteiger partial charge in [0.25, 0.3) is 5.56 Å². The number of aromatic nitrogens is 2. The van der Waals surface area contributed by atoms with Crippen molar-refractivity contribution in [3.8, 4) is 0 Å². The molecule has 1 aromatic carbocycles. The van der Waals surface area contributed by atoms with E-state index < -0.39 is 5.97 Å². The first-order chi connectivity index (χ1) is 8.08. The Kier molecular flexibility index (Phi) is 2.78. The molecule has 0 aliphatic rings. The van der Waals surface area contributed by atoms with Crippen molar-refractivity contribution >= 4 is 22.6 Å². The van der Waals surface area contributed by atoms with E-state index in [1.807, 2.05) is 0 Å². The number of aryl methyl sites for hydroxylation is 1. The van der Waals surface area contributed by atoms with Crippen LogP contribution < -0.4 is 11.3 Å². The average Bonchev–Trinajstić information content (AvgIpc) is 2.29. The van der Waals surface area contributed by atoms with Crippen LogP contribution in [0, 0.1) is 0 Å². The molecule has 0 aliphatic heterocycles. The van der Waals surface area contributed by atoms with Crippen molar-refractivity contribution in [1.29, 1.82) is 0 Å². The lowest BCUT2D eigenvalue weighted by atomic mass is 10.2. The first-order valence-electron chi connectivity index (χ1n) is 5.04. The van der Waals surface area contributed by atoms with Gasteiger partial charge >= 0.3 is 5.97 Å². The van der Waals surface area contributed by atoms with E-state index in [1.165, 1.54) is 10.9 Å². The Morgan fingerprint density at radius 2 is 2.24 bits per heavy atom. The first kappa shape index (κ1) is 11.1. The number of benzene rings is 1. The molecule has 0 radical (unpaired) electrons. The van der Waals surface area contributed by atoms with E-state index in [0.717, 1.165) is 0 Å². The number of nitrogens with zero attached hydrogens (tertiary/aromatic N) is 2. The van der Waals surface area contributed by atoms with Crippen molar-refractivity contribution in [2.45, 2.75) is 13.0 Å². The Balaban J connectivity index is 2.49. The Labute approximate surface area is 96.3 Å². The van der Waals surface area contributed by atoms with Crippen LogP contribution in [0.4, 0.5) is 5.69 Å². The van der Waals surface area contributed by atoms with E-state index in [9.17, 15) is 9.59 Å². The number of rotatable bonds is 3. The number of carboxylic acids is 1. The number of carbonyl (C=O) groups is 1. The molecule has 0 fully saturated rings. The number of hydrogen-bond acceptors (Lipinski definition) is 4. The Morgan fingerprint density at radius 1 is 1.47 bits per heavy atom. The van der Waals surface area contributed by atoms with E-state index in [-0.39, 0.29) is 18.5 Å². The minimum atomic E-state index is -0.954. The van der Waals surface area contributed by atoms with Crippen molar-refractivity contribution in [3.63, 3.8) is 0 Å². The molecule has 0 atom stereocenters. The highest BCUT2D eigenvalue weighted by atomic mass is 16.4. The molecule has 0 unspecified atom stereocenters. The normalized spacial score (nSPS) is 10.6. The van der Waals surface area contributed by atoms with Crippen molar-refractivity contribution in [2.75, 3.05) is 5.73 Å². The monoisotopic (exact) mass is 233 g/mol. The molecule has 1 heterocycles. The number of anilines is 1. The van der Waals surface area contributed by atoms with Crippen molar-refractivity contribution in [2.24, 2.45) is 0 Å². The number of carboxylic acid groups (broad SMARTS) is 1. The summed E-state index contributed by atoms with van der Waals surface area (Å²) in [5.41, 5.74) is 6.35. The molecule has 0 bridgehead atoms. The largest absolute Gasteiger partial charge is 0.481 e. The lowest BCUT2D eigenvalue weighted by molar-refractivity contribution is -0.137. The van der Waals surface area contributed by atoms with Crippen LogP contribution in [0.25, 0.3) is 10.9 Å². The molecule has 88 valence electrons. The Morgan fingerprint density at radius 3 is 2.94 bits per heavy atom. The zero-order chi connectivity index (χ0) is 12.4. The minimum Gasteiger partial charge on any atom is -0.481 e. The quantitative estimate of drug-likeness (QED) is 0.750. The van der Waals surface area contributed by atoms with E-state index in [2.05, 4.69) is 4.98 Å². The van der Waals surface area contributed by atoms with Crippen LogP contribution in [0.3, 0.4) is 0 Å². The second-order valence-electron chi connectivity index (χ2n) is 3.66. The van der Waals surface area contributed by atoms with Gasteiger partial charge in [-0.15, -0.1) is 0 Å². The first-order valence-corrected chi connectivity index (χ1v) is 5.04. The standard InChI is InChI=1S/C11H11N3O3/c12-7-1-2-9-8(5-7)11(17)14(6-13-9)4-3-10(15)16/h1-2,5-6H,3-4,12H2,(H,15,16). The van der Waals surface area contributed by atoms with Crippen molar-refractivity contribution in [1.82, 2.24) is 9.55 Å². The third-order valence-electron chi connectivity index (χ3n) is 2.41. The zero-order valence-electron chi connectivity index (χ0n) is 8.96. The Hall–Kier alpha value is -2.37. The minimum absolute atomic E-state index is 0.103.